The summed E-state index contributed by atoms with van der Waals surface area (Å²) in [4.78, 5) is 14.6. The normalized spacial score (nSPS) is 9.55. The number of carbonyl (C=O) groups is 1. The molecule has 0 N–H and O–H groups in total. The van der Waals surface area contributed by atoms with Crippen LogP contribution in [0, 0.1) is 0 Å². The number of esters is 1. The van der Waals surface area contributed by atoms with Gasteiger partial charge >= 0.3 is 5.97 Å². The van der Waals surface area contributed by atoms with E-state index in [-0.39, 0.29) is 5.97 Å². The molecule has 0 amide bonds. The number of ether oxygens (including phenoxy) is 1. The topological polar surface area (TPSA) is 39.2 Å². The molecule has 0 radical (unpaired) electrons. The predicted octanol–water partition coefficient (Wildman–Crippen LogP) is 1.37. The number of aromatic nitrogens is 1. The monoisotopic (exact) mass is 189 g/mol. The fourth-order valence-electron chi connectivity index (χ4n) is 0.500. The minimum absolute atomic E-state index is 0.282. The molecule has 1 aromatic rings. The number of rotatable bonds is 3. The molecule has 0 saturated heterocycles. The van der Waals surface area contributed by atoms with Crippen LogP contribution in [-0.4, -0.2) is 16.7 Å². The highest BCUT2D eigenvalue weighted by Gasteiger charge is 2.03. The van der Waals surface area contributed by atoms with Gasteiger partial charge in [0.05, 0.1) is 6.42 Å². The predicted molar refractivity (Wildman–Crippen MR) is 46.2 cm³/mol. The quantitative estimate of drug-likeness (QED) is 0.576. The minimum atomic E-state index is -0.282. The number of hydrogen-bond donors (Lipinski definition) is 1. The van der Waals surface area contributed by atoms with Gasteiger partial charge in [0.2, 0.25) is 0 Å². The van der Waals surface area contributed by atoms with Gasteiger partial charge in [-0.1, -0.05) is 11.3 Å². The smallest absolute Gasteiger partial charge is 0.313 e. The molecule has 3 nitrogen and oxygen atoms in total. The molecule has 0 saturated carbocycles. The molecule has 0 aliphatic carbocycles. The summed E-state index contributed by atoms with van der Waals surface area (Å²) >= 11 is 5.19. The molecule has 0 aliphatic heterocycles. The summed E-state index contributed by atoms with van der Waals surface area (Å²) in [6.07, 6.45) is 1.91. The Kier molecular flexibility index (Phi) is 3.38. The van der Waals surface area contributed by atoms with Gasteiger partial charge in [0.25, 0.3) is 5.19 Å². The molecule has 0 bridgehead atoms. The van der Waals surface area contributed by atoms with Crippen molar-refractivity contribution in [2.75, 3.05) is 5.75 Å². The van der Waals surface area contributed by atoms with Crippen molar-refractivity contribution in [1.82, 2.24) is 4.98 Å². The maximum absolute atomic E-state index is 10.8. The number of nitrogens with zero attached hydrogens (tertiary/aromatic N) is 1. The van der Waals surface area contributed by atoms with E-state index < -0.39 is 0 Å². The summed E-state index contributed by atoms with van der Waals surface area (Å²) in [5.41, 5.74) is 0. The molecular formula is C6H7NO2S2. The van der Waals surface area contributed by atoms with Crippen molar-refractivity contribution in [1.29, 1.82) is 0 Å². The maximum atomic E-state index is 10.8. The van der Waals surface area contributed by atoms with E-state index in [9.17, 15) is 4.79 Å². The van der Waals surface area contributed by atoms with Crippen LogP contribution < -0.4 is 4.74 Å². The van der Waals surface area contributed by atoms with Crippen molar-refractivity contribution < 1.29 is 9.53 Å². The zero-order valence-corrected chi connectivity index (χ0v) is 7.40. The molecule has 11 heavy (non-hydrogen) atoms. The van der Waals surface area contributed by atoms with Crippen LogP contribution in [0.25, 0.3) is 0 Å². The van der Waals surface area contributed by atoms with Gasteiger partial charge in [0, 0.05) is 17.3 Å². The van der Waals surface area contributed by atoms with Crippen molar-refractivity contribution in [2.45, 2.75) is 6.42 Å². The lowest BCUT2D eigenvalue weighted by Gasteiger charge is -1.95. The Hall–Kier alpha value is -0.550. The summed E-state index contributed by atoms with van der Waals surface area (Å²) in [7, 11) is 0. The highest BCUT2D eigenvalue weighted by Crippen LogP contribution is 2.13. The van der Waals surface area contributed by atoms with Crippen molar-refractivity contribution >= 4 is 29.9 Å². The molecule has 0 aliphatic rings. The largest absolute Gasteiger partial charge is 0.398 e. The first kappa shape index (κ1) is 8.55. The fourth-order valence-corrected chi connectivity index (χ4v) is 1.18. The van der Waals surface area contributed by atoms with Crippen LogP contribution in [0.15, 0.2) is 11.6 Å². The van der Waals surface area contributed by atoms with Crippen LogP contribution in [0.3, 0.4) is 0 Å². The van der Waals surface area contributed by atoms with Gasteiger partial charge in [-0.05, 0) is 0 Å². The molecule has 1 heterocycles. The Labute approximate surface area is 73.8 Å². The van der Waals surface area contributed by atoms with Crippen molar-refractivity contribution in [3.63, 3.8) is 0 Å². The lowest BCUT2D eigenvalue weighted by molar-refractivity contribution is -0.133. The van der Waals surface area contributed by atoms with E-state index in [1.165, 1.54) is 11.3 Å². The van der Waals surface area contributed by atoms with E-state index in [0.29, 0.717) is 17.4 Å². The molecule has 0 fully saturated rings. The first-order valence-electron chi connectivity index (χ1n) is 3.04. The fraction of sp³-hybridized carbons (Fsp3) is 0.333. The third kappa shape index (κ3) is 2.90. The van der Waals surface area contributed by atoms with Crippen LogP contribution in [0.2, 0.25) is 0 Å². The number of thiazole rings is 1. The molecule has 5 heteroatoms. The van der Waals surface area contributed by atoms with Crippen molar-refractivity contribution in [3.05, 3.63) is 11.6 Å². The Balaban J connectivity index is 2.37. The van der Waals surface area contributed by atoms with Gasteiger partial charge in [-0.25, -0.2) is 4.98 Å². The lowest BCUT2D eigenvalue weighted by atomic mass is 10.5. The summed E-state index contributed by atoms with van der Waals surface area (Å²) in [6, 6.07) is 0. The second-order valence-corrected chi connectivity index (χ2v) is 3.05. The molecule has 1 rings (SSSR count). The minimum Gasteiger partial charge on any atom is -0.398 e. The zero-order chi connectivity index (χ0) is 8.10. The van der Waals surface area contributed by atoms with E-state index in [2.05, 4.69) is 17.6 Å². The van der Waals surface area contributed by atoms with Gasteiger partial charge in [-0.2, -0.15) is 12.6 Å². The van der Waals surface area contributed by atoms with Gasteiger partial charge in [-0.3, -0.25) is 4.79 Å². The van der Waals surface area contributed by atoms with Gasteiger partial charge in [0.15, 0.2) is 0 Å². The Morgan fingerprint density at radius 2 is 2.64 bits per heavy atom. The lowest BCUT2D eigenvalue weighted by Crippen LogP contribution is -2.07. The van der Waals surface area contributed by atoms with Gasteiger partial charge in [-0.15, -0.1) is 0 Å². The average molecular weight is 189 g/mol. The summed E-state index contributed by atoms with van der Waals surface area (Å²) in [6.45, 7) is 0. The van der Waals surface area contributed by atoms with Crippen LogP contribution in [0.4, 0.5) is 0 Å². The SMILES string of the molecule is O=C(CCS)Oc1nccs1. The van der Waals surface area contributed by atoms with Gasteiger partial charge in [0.1, 0.15) is 0 Å². The third-order valence-electron chi connectivity index (χ3n) is 0.927. The Morgan fingerprint density at radius 1 is 1.82 bits per heavy atom. The van der Waals surface area contributed by atoms with E-state index in [1.54, 1.807) is 11.6 Å². The molecule has 60 valence electrons. The summed E-state index contributed by atoms with van der Waals surface area (Å²) in [5.74, 6) is 0.222. The molecule has 0 spiro atoms. The van der Waals surface area contributed by atoms with Crippen LogP contribution in [0.1, 0.15) is 6.42 Å². The third-order valence-corrected chi connectivity index (χ3v) is 1.80. The number of thiol groups is 1. The van der Waals surface area contributed by atoms with E-state index in [0.717, 1.165) is 0 Å². The van der Waals surface area contributed by atoms with Crippen molar-refractivity contribution in [2.24, 2.45) is 0 Å². The van der Waals surface area contributed by atoms with E-state index >= 15 is 0 Å². The van der Waals surface area contributed by atoms with Crippen LogP contribution in [-0.2, 0) is 4.79 Å². The first-order valence-corrected chi connectivity index (χ1v) is 4.55. The molecule has 0 aromatic carbocycles. The summed E-state index contributed by atoms with van der Waals surface area (Å²) < 4.78 is 4.81. The zero-order valence-electron chi connectivity index (χ0n) is 5.69. The second kappa shape index (κ2) is 4.35. The molecular weight excluding hydrogens is 182 g/mol. The van der Waals surface area contributed by atoms with Crippen molar-refractivity contribution in [3.8, 4) is 5.19 Å². The Bertz CT molecular complexity index is 222. The molecule has 0 unspecified atom stereocenters. The average Bonchev–Trinajstić information content (AvgIpc) is 2.40. The maximum Gasteiger partial charge on any atom is 0.313 e. The highest BCUT2D eigenvalue weighted by molar-refractivity contribution is 7.80. The first-order chi connectivity index (χ1) is 5.33. The summed E-state index contributed by atoms with van der Waals surface area (Å²) in [5, 5.41) is 2.15. The number of hydrogen-bond acceptors (Lipinski definition) is 5. The number of carbonyl (C=O) groups excluding carboxylic acids is 1. The standard InChI is InChI=1S/C6H7NO2S2/c8-5(1-3-10)9-6-7-2-4-11-6/h2,4,10H,1,3H2. The molecule has 0 atom stereocenters. The van der Waals surface area contributed by atoms with Gasteiger partial charge < -0.3 is 4.74 Å². The Morgan fingerprint density at radius 3 is 3.18 bits per heavy atom. The molecule has 1 aromatic heterocycles. The van der Waals surface area contributed by atoms with E-state index in [4.69, 9.17) is 4.74 Å². The van der Waals surface area contributed by atoms with Crippen LogP contribution in [0.5, 0.6) is 5.19 Å². The van der Waals surface area contributed by atoms with E-state index in [1.807, 2.05) is 0 Å². The second-order valence-electron chi connectivity index (χ2n) is 1.75. The van der Waals surface area contributed by atoms with Crippen LogP contribution >= 0.6 is 24.0 Å². The highest BCUT2D eigenvalue weighted by atomic mass is 32.1.